The van der Waals surface area contributed by atoms with Gasteiger partial charge in [-0.1, -0.05) is 18.2 Å². The molecule has 2 aromatic rings. The number of amides is 2. The van der Waals surface area contributed by atoms with Crippen LogP contribution in [0.5, 0.6) is 17.2 Å². The molecular weight excluding hydrogens is 382 g/mol. The lowest BCUT2D eigenvalue weighted by atomic mass is 10.1. The molecule has 0 spiro atoms. The summed E-state index contributed by atoms with van der Waals surface area (Å²) < 4.78 is 11.5. The standard InChI is InChI=1S/C23H29N3O4/c1-15(2)26(16(3)4)23(28)22-20(29-6)8-7-9-21(22)30-19-12-10-18(11-13-19)14-24-25-17(5)27/h7-13,15-16H,14H2,1-6H3. The molecule has 0 aliphatic rings. The summed E-state index contributed by atoms with van der Waals surface area (Å²) in [5.41, 5.74) is 1.28. The number of hydrogen-bond acceptors (Lipinski definition) is 5. The highest BCUT2D eigenvalue weighted by molar-refractivity contribution is 6.00. The van der Waals surface area contributed by atoms with E-state index in [0.717, 1.165) is 5.56 Å². The fraction of sp³-hybridized carbons (Fsp3) is 0.391. The van der Waals surface area contributed by atoms with E-state index in [-0.39, 0.29) is 23.9 Å². The normalized spacial score (nSPS) is 11.2. The molecule has 2 amide bonds. The molecule has 7 nitrogen and oxygen atoms in total. The summed E-state index contributed by atoms with van der Waals surface area (Å²) in [6.07, 6.45) is 0. The van der Waals surface area contributed by atoms with Crippen LogP contribution in [0.3, 0.4) is 0 Å². The third kappa shape index (κ3) is 5.89. The first-order chi connectivity index (χ1) is 14.2. The topological polar surface area (TPSA) is 80.6 Å². The van der Waals surface area contributed by atoms with Gasteiger partial charge in [0.2, 0.25) is 0 Å². The van der Waals surface area contributed by atoms with Gasteiger partial charge in [0, 0.05) is 19.0 Å². The number of methoxy groups -OCH3 is 1. The minimum Gasteiger partial charge on any atom is -0.496 e. The van der Waals surface area contributed by atoms with Gasteiger partial charge in [-0.3, -0.25) is 9.59 Å². The summed E-state index contributed by atoms with van der Waals surface area (Å²) in [5.74, 6) is 0.987. The first kappa shape index (κ1) is 23.1. The van der Waals surface area contributed by atoms with Gasteiger partial charge in [0.15, 0.2) is 0 Å². The highest BCUT2D eigenvalue weighted by Gasteiger charge is 2.27. The summed E-state index contributed by atoms with van der Waals surface area (Å²) in [7, 11) is 1.54. The molecule has 0 bridgehead atoms. The summed E-state index contributed by atoms with van der Waals surface area (Å²) in [5, 5.41) is 7.34. The fourth-order valence-electron chi connectivity index (χ4n) is 3.18. The Balaban J connectivity index is 2.32. The van der Waals surface area contributed by atoms with Gasteiger partial charge >= 0.3 is 0 Å². The van der Waals surface area contributed by atoms with E-state index in [1.165, 1.54) is 14.0 Å². The Morgan fingerprint density at radius 1 is 0.967 bits per heavy atom. The number of hydrogen-bond donors (Lipinski definition) is 0. The van der Waals surface area contributed by atoms with E-state index in [9.17, 15) is 9.59 Å². The molecule has 0 unspecified atom stereocenters. The maximum Gasteiger partial charge on any atom is 0.261 e. The number of ether oxygens (including phenoxy) is 2. The van der Waals surface area contributed by atoms with Crippen molar-refractivity contribution in [3.63, 3.8) is 0 Å². The van der Waals surface area contributed by atoms with Crippen molar-refractivity contribution >= 4 is 11.8 Å². The van der Waals surface area contributed by atoms with Crippen LogP contribution in [0, 0.1) is 0 Å². The van der Waals surface area contributed by atoms with Crippen LogP contribution >= 0.6 is 0 Å². The van der Waals surface area contributed by atoms with Crippen LogP contribution in [0.15, 0.2) is 52.7 Å². The number of benzene rings is 2. The average molecular weight is 412 g/mol. The second kappa shape index (κ2) is 10.5. The second-order valence-electron chi connectivity index (χ2n) is 7.40. The smallest absolute Gasteiger partial charge is 0.261 e. The predicted molar refractivity (Wildman–Crippen MR) is 115 cm³/mol. The molecule has 0 aliphatic heterocycles. The number of rotatable bonds is 8. The maximum atomic E-state index is 13.4. The van der Waals surface area contributed by atoms with Gasteiger partial charge in [-0.05, 0) is 57.5 Å². The minimum atomic E-state index is -0.331. The first-order valence-electron chi connectivity index (χ1n) is 9.89. The monoisotopic (exact) mass is 411 g/mol. The van der Waals surface area contributed by atoms with Crippen molar-refractivity contribution in [1.29, 1.82) is 0 Å². The van der Waals surface area contributed by atoms with E-state index in [1.807, 2.05) is 39.8 Å². The summed E-state index contributed by atoms with van der Waals surface area (Å²) in [6, 6.07) is 12.6. The summed E-state index contributed by atoms with van der Waals surface area (Å²) in [4.78, 5) is 26.0. The van der Waals surface area contributed by atoms with Crippen molar-refractivity contribution < 1.29 is 19.1 Å². The van der Waals surface area contributed by atoms with E-state index in [2.05, 4.69) is 10.2 Å². The van der Waals surface area contributed by atoms with Crippen LogP contribution in [0.4, 0.5) is 0 Å². The molecule has 0 radical (unpaired) electrons. The Labute approximate surface area is 177 Å². The molecule has 0 aromatic heterocycles. The number of carbonyl (C=O) groups excluding carboxylic acids is 2. The molecule has 0 heterocycles. The Morgan fingerprint density at radius 3 is 2.10 bits per heavy atom. The molecule has 0 saturated carbocycles. The largest absolute Gasteiger partial charge is 0.496 e. The summed E-state index contributed by atoms with van der Waals surface area (Å²) >= 11 is 0. The Hall–Kier alpha value is -3.22. The van der Waals surface area contributed by atoms with Crippen molar-refractivity contribution in [3.8, 4) is 17.2 Å². The molecule has 0 saturated heterocycles. The van der Waals surface area contributed by atoms with Crippen LogP contribution in [-0.2, 0) is 11.3 Å². The Kier molecular flexibility index (Phi) is 8.09. The molecule has 0 aliphatic carbocycles. The molecule has 160 valence electrons. The lowest BCUT2D eigenvalue weighted by Crippen LogP contribution is -2.42. The van der Waals surface area contributed by atoms with Crippen LogP contribution in [-0.4, -0.2) is 35.9 Å². The van der Waals surface area contributed by atoms with E-state index < -0.39 is 0 Å². The number of carbonyl (C=O) groups is 2. The third-order valence-corrected chi connectivity index (χ3v) is 4.38. The van der Waals surface area contributed by atoms with Crippen LogP contribution in [0.1, 0.15) is 50.5 Å². The quantitative estimate of drug-likeness (QED) is 0.556. The molecule has 0 atom stereocenters. The van der Waals surface area contributed by atoms with E-state index in [0.29, 0.717) is 29.4 Å². The van der Waals surface area contributed by atoms with E-state index in [4.69, 9.17) is 9.47 Å². The first-order valence-corrected chi connectivity index (χ1v) is 9.89. The number of nitrogens with zero attached hydrogens (tertiary/aromatic N) is 3. The number of azo groups is 1. The van der Waals surface area contributed by atoms with Crippen molar-refractivity contribution in [2.75, 3.05) is 7.11 Å². The van der Waals surface area contributed by atoms with Crippen molar-refractivity contribution in [2.24, 2.45) is 10.2 Å². The van der Waals surface area contributed by atoms with E-state index in [1.54, 1.807) is 35.2 Å². The van der Waals surface area contributed by atoms with Crippen molar-refractivity contribution in [1.82, 2.24) is 4.90 Å². The molecule has 0 fully saturated rings. The Bertz CT molecular complexity index is 897. The van der Waals surface area contributed by atoms with Gasteiger partial charge in [0.05, 0.1) is 13.7 Å². The molecule has 2 aromatic carbocycles. The lowest BCUT2D eigenvalue weighted by molar-refractivity contribution is -0.116. The lowest BCUT2D eigenvalue weighted by Gasteiger charge is -2.31. The van der Waals surface area contributed by atoms with E-state index >= 15 is 0 Å². The fourth-order valence-corrected chi connectivity index (χ4v) is 3.18. The SMILES string of the molecule is COc1cccc(Oc2ccc(CN=NC(C)=O)cc2)c1C(=O)N(C(C)C)C(C)C. The maximum absolute atomic E-state index is 13.4. The molecule has 2 rings (SSSR count). The zero-order valence-corrected chi connectivity index (χ0v) is 18.4. The van der Waals surface area contributed by atoms with Gasteiger partial charge in [-0.25, -0.2) is 0 Å². The minimum absolute atomic E-state index is 0.0266. The van der Waals surface area contributed by atoms with Gasteiger partial charge in [0.1, 0.15) is 22.8 Å². The summed E-state index contributed by atoms with van der Waals surface area (Å²) in [6.45, 7) is 9.59. The molecule has 7 heteroatoms. The second-order valence-corrected chi connectivity index (χ2v) is 7.40. The highest BCUT2D eigenvalue weighted by Crippen LogP contribution is 2.34. The third-order valence-electron chi connectivity index (χ3n) is 4.38. The zero-order valence-electron chi connectivity index (χ0n) is 18.4. The van der Waals surface area contributed by atoms with Crippen LogP contribution in [0.2, 0.25) is 0 Å². The predicted octanol–water partition coefficient (Wildman–Crippen LogP) is 5.25. The van der Waals surface area contributed by atoms with Crippen molar-refractivity contribution in [3.05, 3.63) is 53.6 Å². The van der Waals surface area contributed by atoms with Crippen molar-refractivity contribution in [2.45, 2.75) is 53.2 Å². The van der Waals surface area contributed by atoms with Crippen LogP contribution in [0.25, 0.3) is 0 Å². The highest BCUT2D eigenvalue weighted by atomic mass is 16.5. The van der Waals surface area contributed by atoms with Gasteiger partial charge in [-0.15, -0.1) is 5.11 Å². The van der Waals surface area contributed by atoms with Gasteiger partial charge in [-0.2, -0.15) is 5.11 Å². The Morgan fingerprint density at radius 2 is 1.57 bits per heavy atom. The average Bonchev–Trinajstić information content (AvgIpc) is 2.68. The zero-order chi connectivity index (χ0) is 22.3. The molecule has 30 heavy (non-hydrogen) atoms. The molecule has 0 N–H and O–H groups in total. The van der Waals surface area contributed by atoms with Gasteiger partial charge in [0.25, 0.3) is 11.8 Å². The molecular formula is C23H29N3O4. The van der Waals surface area contributed by atoms with Crippen LogP contribution < -0.4 is 9.47 Å². The van der Waals surface area contributed by atoms with Gasteiger partial charge < -0.3 is 14.4 Å².